The van der Waals surface area contributed by atoms with E-state index >= 15 is 0 Å². The number of hydrogen-bond acceptors (Lipinski definition) is 3. The number of nitrogens with one attached hydrogen (secondary N) is 1. The van der Waals surface area contributed by atoms with Crippen LogP contribution in [-0.2, 0) is 4.79 Å². The molecule has 22 heavy (non-hydrogen) atoms. The summed E-state index contributed by atoms with van der Waals surface area (Å²) in [5, 5.41) is 3.43. The number of aryl methyl sites for hydroxylation is 1. The van der Waals surface area contributed by atoms with Crippen LogP contribution in [0, 0.1) is 6.92 Å². The van der Waals surface area contributed by atoms with E-state index in [1.807, 2.05) is 19.1 Å². The molecule has 0 fully saturated rings. The van der Waals surface area contributed by atoms with E-state index in [0.717, 1.165) is 5.56 Å². The zero-order valence-electron chi connectivity index (χ0n) is 12.7. The van der Waals surface area contributed by atoms with E-state index in [0.29, 0.717) is 22.2 Å². The van der Waals surface area contributed by atoms with Crippen molar-refractivity contribution in [1.29, 1.82) is 0 Å². The fourth-order valence-corrected chi connectivity index (χ4v) is 2.20. The Morgan fingerprint density at radius 3 is 2.59 bits per heavy atom. The summed E-state index contributed by atoms with van der Waals surface area (Å²) in [5.41, 5.74) is 1.49. The molecule has 0 radical (unpaired) electrons. The lowest BCUT2D eigenvalue weighted by Crippen LogP contribution is -2.30. The van der Waals surface area contributed by atoms with Gasteiger partial charge < -0.3 is 14.8 Å². The molecule has 1 amide bonds. The molecule has 0 aromatic heterocycles. The van der Waals surface area contributed by atoms with Gasteiger partial charge in [-0.25, -0.2) is 0 Å². The van der Waals surface area contributed by atoms with Gasteiger partial charge in [0, 0.05) is 5.02 Å². The van der Waals surface area contributed by atoms with E-state index in [1.54, 1.807) is 44.4 Å². The van der Waals surface area contributed by atoms with Crippen LogP contribution in [0.3, 0.4) is 0 Å². The first-order valence-electron chi connectivity index (χ1n) is 6.88. The zero-order valence-corrected chi connectivity index (χ0v) is 13.5. The van der Waals surface area contributed by atoms with E-state index < -0.39 is 6.10 Å². The van der Waals surface area contributed by atoms with Crippen LogP contribution in [0.2, 0.25) is 5.02 Å². The van der Waals surface area contributed by atoms with Crippen molar-refractivity contribution in [3.05, 3.63) is 53.1 Å². The first-order valence-corrected chi connectivity index (χ1v) is 7.25. The number of anilines is 1. The number of ether oxygens (including phenoxy) is 2. The van der Waals surface area contributed by atoms with Gasteiger partial charge in [0.05, 0.1) is 12.8 Å². The van der Waals surface area contributed by atoms with Crippen LogP contribution in [0.5, 0.6) is 11.5 Å². The number of benzene rings is 2. The van der Waals surface area contributed by atoms with Crippen molar-refractivity contribution in [3.63, 3.8) is 0 Å². The molecule has 5 heteroatoms. The Morgan fingerprint density at radius 1 is 1.18 bits per heavy atom. The minimum absolute atomic E-state index is 0.251. The lowest BCUT2D eigenvalue weighted by Gasteiger charge is -2.17. The molecule has 2 aromatic rings. The van der Waals surface area contributed by atoms with Crippen LogP contribution in [0.1, 0.15) is 12.5 Å². The largest absolute Gasteiger partial charge is 0.495 e. The van der Waals surface area contributed by atoms with E-state index in [1.165, 1.54) is 0 Å². The summed E-state index contributed by atoms with van der Waals surface area (Å²) >= 11 is 5.91. The number of rotatable bonds is 5. The van der Waals surface area contributed by atoms with Crippen molar-refractivity contribution in [2.45, 2.75) is 20.0 Å². The third kappa shape index (κ3) is 3.92. The van der Waals surface area contributed by atoms with Gasteiger partial charge in [-0.15, -0.1) is 0 Å². The van der Waals surface area contributed by atoms with Gasteiger partial charge in [0.1, 0.15) is 11.5 Å². The van der Waals surface area contributed by atoms with Gasteiger partial charge in [-0.05, 0) is 49.7 Å². The fourth-order valence-electron chi connectivity index (χ4n) is 1.97. The van der Waals surface area contributed by atoms with Crippen molar-refractivity contribution in [1.82, 2.24) is 0 Å². The van der Waals surface area contributed by atoms with Crippen LogP contribution in [0.25, 0.3) is 0 Å². The van der Waals surface area contributed by atoms with Gasteiger partial charge in [-0.1, -0.05) is 23.7 Å². The molecule has 0 spiro atoms. The van der Waals surface area contributed by atoms with Crippen molar-refractivity contribution < 1.29 is 14.3 Å². The maximum Gasteiger partial charge on any atom is 0.265 e. The van der Waals surface area contributed by atoms with Gasteiger partial charge in [0.25, 0.3) is 5.91 Å². The molecule has 0 heterocycles. The van der Waals surface area contributed by atoms with Crippen molar-refractivity contribution in [2.24, 2.45) is 0 Å². The second-order valence-corrected chi connectivity index (χ2v) is 5.30. The molecule has 2 rings (SSSR count). The highest BCUT2D eigenvalue weighted by Crippen LogP contribution is 2.25. The fraction of sp³-hybridized carbons (Fsp3) is 0.235. The number of carbonyl (C=O) groups is 1. The lowest BCUT2D eigenvalue weighted by molar-refractivity contribution is -0.122. The van der Waals surface area contributed by atoms with Gasteiger partial charge >= 0.3 is 0 Å². The normalized spacial score (nSPS) is 11.6. The van der Waals surface area contributed by atoms with Gasteiger partial charge in [-0.3, -0.25) is 4.79 Å². The molecule has 2 aromatic carbocycles. The highest BCUT2D eigenvalue weighted by atomic mass is 35.5. The number of amides is 1. The standard InChI is InChI=1S/C17H18ClNO3/c1-11-10-13(18)8-9-15(11)22-12(2)17(20)19-14-6-4-5-7-16(14)21-3/h4-10,12H,1-3H3,(H,19,20). The highest BCUT2D eigenvalue weighted by Gasteiger charge is 2.17. The molecule has 0 saturated carbocycles. The Hall–Kier alpha value is -2.20. The average molecular weight is 320 g/mol. The number of hydrogen-bond donors (Lipinski definition) is 1. The molecule has 0 aliphatic heterocycles. The monoisotopic (exact) mass is 319 g/mol. The van der Waals surface area contributed by atoms with E-state index in [-0.39, 0.29) is 5.91 Å². The maximum atomic E-state index is 12.2. The number of halogens is 1. The van der Waals surface area contributed by atoms with Crippen LogP contribution in [0.4, 0.5) is 5.69 Å². The first-order chi connectivity index (χ1) is 10.5. The molecule has 0 bridgehead atoms. The van der Waals surface area contributed by atoms with Gasteiger partial charge in [0.2, 0.25) is 0 Å². The number of para-hydroxylation sites is 2. The summed E-state index contributed by atoms with van der Waals surface area (Å²) in [6.07, 6.45) is -0.648. The van der Waals surface area contributed by atoms with E-state index in [4.69, 9.17) is 21.1 Å². The molecule has 1 unspecified atom stereocenters. The molecule has 0 aliphatic rings. The predicted molar refractivity (Wildman–Crippen MR) is 87.9 cm³/mol. The van der Waals surface area contributed by atoms with Crippen LogP contribution >= 0.6 is 11.6 Å². The minimum atomic E-state index is -0.648. The van der Waals surface area contributed by atoms with Crippen LogP contribution in [-0.4, -0.2) is 19.1 Å². The molecule has 0 aliphatic carbocycles. The topological polar surface area (TPSA) is 47.6 Å². The summed E-state index contributed by atoms with van der Waals surface area (Å²) in [7, 11) is 1.56. The first kappa shape index (κ1) is 16.2. The number of methoxy groups -OCH3 is 1. The second-order valence-electron chi connectivity index (χ2n) is 4.86. The predicted octanol–water partition coefficient (Wildman–Crippen LogP) is 4.06. The number of carbonyl (C=O) groups excluding carboxylic acids is 1. The summed E-state index contributed by atoms with van der Waals surface area (Å²) < 4.78 is 10.9. The Balaban J connectivity index is 2.06. The van der Waals surface area contributed by atoms with E-state index in [9.17, 15) is 4.79 Å². The molecule has 1 atom stereocenters. The smallest absolute Gasteiger partial charge is 0.265 e. The Bertz CT molecular complexity index is 673. The lowest BCUT2D eigenvalue weighted by atomic mass is 10.2. The zero-order chi connectivity index (χ0) is 16.1. The summed E-state index contributed by atoms with van der Waals surface area (Å²) in [5.74, 6) is 0.983. The van der Waals surface area contributed by atoms with Crippen LogP contribution < -0.4 is 14.8 Å². The van der Waals surface area contributed by atoms with Crippen molar-refractivity contribution in [2.75, 3.05) is 12.4 Å². The summed E-state index contributed by atoms with van der Waals surface area (Å²) in [4.78, 5) is 12.2. The van der Waals surface area contributed by atoms with Crippen molar-refractivity contribution in [3.8, 4) is 11.5 Å². The Labute approximate surface area is 135 Å². The SMILES string of the molecule is COc1ccccc1NC(=O)C(C)Oc1ccc(Cl)cc1C. The minimum Gasteiger partial charge on any atom is -0.495 e. The molecule has 0 saturated heterocycles. The third-order valence-corrected chi connectivity index (χ3v) is 3.41. The van der Waals surface area contributed by atoms with Crippen LogP contribution in [0.15, 0.2) is 42.5 Å². The Kier molecular flexibility index (Phi) is 5.28. The van der Waals surface area contributed by atoms with Gasteiger partial charge in [-0.2, -0.15) is 0 Å². The molecular formula is C17H18ClNO3. The van der Waals surface area contributed by atoms with E-state index in [2.05, 4.69) is 5.32 Å². The molecule has 4 nitrogen and oxygen atoms in total. The molecular weight excluding hydrogens is 302 g/mol. The Morgan fingerprint density at radius 2 is 1.91 bits per heavy atom. The molecule has 1 N–H and O–H groups in total. The molecule has 116 valence electrons. The highest BCUT2D eigenvalue weighted by molar-refractivity contribution is 6.30. The quantitative estimate of drug-likeness (QED) is 0.904. The third-order valence-electron chi connectivity index (χ3n) is 3.17. The average Bonchev–Trinajstić information content (AvgIpc) is 2.50. The summed E-state index contributed by atoms with van der Waals surface area (Å²) in [6, 6.07) is 12.5. The van der Waals surface area contributed by atoms with Gasteiger partial charge in [0.15, 0.2) is 6.10 Å². The van der Waals surface area contributed by atoms with Crippen molar-refractivity contribution >= 4 is 23.2 Å². The maximum absolute atomic E-state index is 12.2. The second kappa shape index (κ2) is 7.18. The summed E-state index contributed by atoms with van der Waals surface area (Å²) in [6.45, 7) is 3.57.